The highest BCUT2D eigenvalue weighted by Gasteiger charge is 2.38. The van der Waals surface area contributed by atoms with Crippen LogP contribution in [0.4, 0.5) is 14.5 Å². The molecule has 2 aromatic rings. The third-order valence-corrected chi connectivity index (χ3v) is 4.63. The maximum Gasteiger partial charge on any atom is 0.239 e. The zero-order chi connectivity index (χ0) is 18.0. The van der Waals surface area contributed by atoms with E-state index in [1.807, 2.05) is 0 Å². The first-order chi connectivity index (χ1) is 12.0. The molecule has 0 radical (unpaired) electrons. The van der Waals surface area contributed by atoms with Gasteiger partial charge in [-0.1, -0.05) is 34.1 Å². The Morgan fingerprint density at radius 1 is 1.20 bits per heavy atom. The van der Waals surface area contributed by atoms with Gasteiger partial charge in [0.05, 0.1) is 5.69 Å². The van der Waals surface area contributed by atoms with Gasteiger partial charge in [-0.3, -0.25) is 9.59 Å². The van der Waals surface area contributed by atoms with E-state index in [0.717, 1.165) is 0 Å². The molecule has 130 valence electrons. The number of anilines is 1. The lowest BCUT2D eigenvalue weighted by Gasteiger charge is -2.17. The van der Waals surface area contributed by atoms with Crippen molar-refractivity contribution in [1.82, 2.24) is 5.32 Å². The van der Waals surface area contributed by atoms with Crippen LogP contribution in [0.25, 0.3) is 0 Å². The molecule has 1 atom stereocenters. The van der Waals surface area contributed by atoms with E-state index in [2.05, 4.69) is 21.2 Å². The highest BCUT2D eigenvalue weighted by atomic mass is 79.9. The van der Waals surface area contributed by atoms with Gasteiger partial charge in [0.1, 0.15) is 17.6 Å². The van der Waals surface area contributed by atoms with Gasteiger partial charge in [-0.2, -0.15) is 0 Å². The SMILES string of the molecule is O=C(NCc1ccccc1F)C1CCN(c2ccc(Br)cc2F)C1=O. The first kappa shape index (κ1) is 17.5. The van der Waals surface area contributed by atoms with Gasteiger partial charge < -0.3 is 10.2 Å². The van der Waals surface area contributed by atoms with Crippen LogP contribution in [-0.2, 0) is 16.1 Å². The molecule has 25 heavy (non-hydrogen) atoms. The van der Waals surface area contributed by atoms with Crippen LogP contribution in [0.3, 0.4) is 0 Å². The van der Waals surface area contributed by atoms with Gasteiger partial charge in [0.25, 0.3) is 0 Å². The van der Waals surface area contributed by atoms with Crippen molar-refractivity contribution >= 4 is 33.4 Å². The minimum absolute atomic E-state index is 0.00192. The smallest absolute Gasteiger partial charge is 0.239 e. The molecule has 1 N–H and O–H groups in total. The van der Waals surface area contributed by atoms with Crippen molar-refractivity contribution in [2.24, 2.45) is 5.92 Å². The number of hydrogen-bond acceptors (Lipinski definition) is 2. The molecule has 0 saturated carbocycles. The molecule has 1 saturated heterocycles. The van der Waals surface area contributed by atoms with E-state index in [0.29, 0.717) is 10.0 Å². The van der Waals surface area contributed by atoms with E-state index in [1.54, 1.807) is 24.3 Å². The highest BCUT2D eigenvalue weighted by molar-refractivity contribution is 9.10. The van der Waals surface area contributed by atoms with Gasteiger partial charge in [0, 0.05) is 23.1 Å². The van der Waals surface area contributed by atoms with Gasteiger partial charge in [0.2, 0.25) is 11.8 Å². The fourth-order valence-corrected chi connectivity index (χ4v) is 3.14. The lowest BCUT2D eigenvalue weighted by atomic mass is 10.1. The molecular weight excluding hydrogens is 394 g/mol. The van der Waals surface area contributed by atoms with E-state index < -0.39 is 29.4 Å². The Kier molecular flexibility index (Phi) is 5.13. The Morgan fingerprint density at radius 2 is 1.96 bits per heavy atom. The fraction of sp³-hybridized carbons (Fsp3) is 0.222. The van der Waals surface area contributed by atoms with Crippen LogP contribution < -0.4 is 10.2 Å². The van der Waals surface area contributed by atoms with Crippen molar-refractivity contribution in [2.75, 3.05) is 11.4 Å². The Hall–Kier alpha value is -2.28. The molecular formula is C18H15BrF2N2O2. The Labute approximate surface area is 152 Å². The molecule has 0 bridgehead atoms. The number of rotatable bonds is 4. The van der Waals surface area contributed by atoms with Crippen LogP contribution in [0.5, 0.6) is 0 Å². The van der Waals surface area contributed by atoms with Crippen molar-refractivity contribution in [3.8, 4) is 0 Å². The monoisotopic (exact) mass is 408 g/mol. The summed E-state index contributed by atoms with van der Waals surface area (Å²) in [6.45, 7) is 0.261. The Bertz CT molecular complexity index is 828. The molecule has 0 aliphatic carbocycles. The second-order valence-electron chi connectivity index (χ2n) is 5.74. The molecule has 2 amide bonds. The van der Waals surface area contributed by atoms with Crippen molar-refractivity contribution in [1.29, 1.82) is 0 Å². The summed E-state index contributed by atoms with van der Waals surface area (Å²) < 4.78 is 28.2. The summed E-state index contributed by atoms with van der Waals surface area (Å²) in [7, 11) is 0. The van der Waals surface area contributed by atoms with Crippen molar-refractivity contribution in [2.45, 2.75) is 13.0 Å². The fourth-order valence-electron chi connectivity index (χ4n) is 2.81. The molecule has 1 fully saturated rings. The van der Waals surface area contributed by atoms with E-state index in [4.69, 9.17) is 0 Å². The summed E-state index contributed by atoms with van der Waals surface area (Å²) in [6.07, 6.45) is 0.289. The molecule has 1 unspecified atom stereocenters. The first-order valence-corrected chi connectivity index (χ1v) is 8.54. The molecule has 2 aromatic carbocycles. The minimum Gasteiger partial charge on any atom is -0.351 e. The lowest BCUT2D eigenvalue weighted by Crippen LogP contribution is -2.37. The number of amides is 2. The quantitative estimate of drug-likeness (QED) is 0.788. The normalized spacial score (nSPS) is 17.0. The lowest BCUT2D eigenvalue weighted by molar-refractivity contribution is -0.132. The van der Waals surface area contributed by atoms with Gasteiger partial charge in [0.15, 0.2) is 0 Å². The van der Waals surface area contributed by atoms with Gasteiger partial charge in [-0.15, -0.1) is 0 Å². The van der Waals surface area contributed by atoms with Crippen molar-refractivity contribution in [3.63, 3.8) is 0 Å². The zero-order valence-corrected chi connectivity index (χ0v) is 14.7. The molecule has 0 spiro atoms. The first-order valence-electron chi connectivity index (χ1n) is 7.75. The summed E-state index contributed by atoms with van der Waals surface area (Å²) in [6, 6.07) is 10.5. The molecule has 4 nitrogen and oxygen atoms in total. The standard InChI is InChI=1S/C18H15BrF2N2O2/c19-12-5-6-16(15(21)9-12)23-8-7-13(18(23)25)17(24)22-10-11-3-1-2-4-14(11)20/h1-6,9,13H,7-8,10H2,(H,22,24). The number of carbonyl (C=O) groups is 2. The number of halogens is 3. The van der Waals surface area contributed by atoms with Crippen molar-refractivity contribution < 1.29 is 18.4 Å². The van der Waals surface area contributed by atoms with Gasteiger partial charge in [-0.05, 0) is 30.7 Å². The summed E-state index contributed by atoms with van der Waals surface area (Å²) in [5.41, 5.74) is 0.495. The molecule has 1 heterocycles. The largest absolute Gasteiger partial charge is 0.351 e. The highest BCUT2D eigenvalue weighted by Crippen LogP contribution is 2.29. The van der Waals surface area contributed by atoms with Crippen LogP contribution in [0.1, 0.15) is 12.0 Å². The van der Waals surface area contributed by atoms with Crippen LogP contribution in [0, 0.1) is 17.6 Å². The predicted octanol–water partition coefficient (Wildman–Crippen LogP) is 3.40. The van der Waals surface area contributed by atoms with Crippen LogP contribution in [0.2, 0.25) is 0 Å². The summed E-state index contributed by atoms with van der Waals surface area (Å²) in [5, 5.41) is 2.58. The molecule has 1 aliphatic heterocycles. The van der Waals surface area contributed by atoms with E-state index in [1.165, 1.54) is 23.1 Å². The zero-order valence-electron chi connectivity index (χ0n) is 13.1. The molecule has 1 aliphatic rings. The summed E-state index contributed by atoms with van der Waals surface area (Å²) in [4.78, 5) is 26.0. The molecule has 3 rings (SSSR count). The average molecular weight is 409 g/mol. The van der Waals surface area contributed by atoms with Crippen LogP contribution in [-0.4, -0.2) is 18.4 Å². The van der Waals surface area contributed by atoms with Crippen LogP contribution >= 0.6 is 15.9 Å². The Morgan fingerprint density at radius 3 is 2.68 bits per heavy atom. The molecule has 0 aromatic heterocycles. The van der Waals surface area contributed by atoms with Crippen LogP contribution in [0.15, 0.2) is 46.9 Å². The summed E-state index contributed by atoms with van der Waals surface area (Å²) >= 11 is 3.17. The van der Waals surface area contributed by atoms with Gasteiger partial charge >= 0.3 is 0 Å². The second kappa shape index (κ2) is 7.31. The van der Waals surface area contributed by atoms with E-state index >= 15 is 0 Å². The second-order valence-corrected chi connectivity index (χ2v) is 6.65. The number of carbonyl (C=O) groups excluding carboxylic acids is 2. The predicted molar refractivity (Wildman–Crippen MR) is 92.8 cm³/mol. The van der Waals surface area contributed by atoms with Gasteiger partial charge in [-0.25, -0.2) is 8.78 Å². The third kappa shape index (κ3) is 3.71. The van der Waals surface area contributed by atoms with E-state index in [9.17, 15) is 18.4 Å². The maximum atomic E-state index is 14.1. The number of hydrogen-bond donors (Lipinski definition) is 1. The molecule has 7 heteroatoms. The van der Waals surface area contributed by atoms with Crippen molar-refractivity contribution in [3.05, 3.63) is 64.1 Å². The average Bonchev–Trinajstić information content (AvgIpc) is 2.95. The Balaban J connectivity index is 1.67. The van der Waals surface area contributed by atoms with E-state index in [-0.39, 0.29) is 25.2 Å². The minimum atomic E-state index is -0.894. The number of nitrogens with one attached hydrogen (secondary N) is 1. The number of benzene rings is 2. The summed E-state index contributed by atoms with van der Waals surface area (Å²) in [5.74, 6) is -2.77. The maximum absolute atomic E-state index is 14.1. The topological polar surface area (TPSA) is 49.4 Å². The third-order valence-electron chi connectivity index (χ3n) is 4.13. The number of nitrogens with zero attached hydrogens (tertiary/aromatic N) is 1.